The Hall–Kier alpha value is -3.70. The number of Topliss-reactive ketones (excluding diaryl/α,β-unsaturated/α-hetero) is 1. The van der Waals surface area contributed by atoms with Gasteiger partial charge >= 0.3 is 5.97 Å². The summed E-state index contributed by atoms with van der Waals surface area (Å²) in [5.74, 6) is -1.18. The molecule has 30 heavy (non-hydrogen) atoms. The van der Waals surface area contributed by atoms with Crippen LogP contribution in [0.3, 0.4) is 0 Å². The van der Waals surface area contributed by atoms with Crippen LogP contribution in [0.25, 0.3) is 12.2 Å². The third-order valence-electron chi connectivity index (χ3n) is 4.35. The fraction of sp³-hybridized carbons (Fsp3) is 0. The summed E-state index contributed by atoms with van der Waals surface area (Å²) in [4.78, 5) is 24.6. The monoisotopic (exact) mass is 420 g/mol. The molecule has 0 saturated heterocycles. The Labute approximate surface area is 176 Å². The molecule has 0 spiro atoms. The van der Waals surface area contributed by atoms with Gasteiger partial charge in [0.25, 0.3) is 0 Å². The Morgan fingerprint density at radius 3 is 2.60 bits per heavy atom. The highest BCUT2D eigenvalue weighted by Gasteiger charge is 2.28. The zero-order chi connectivity index (χ0) is 21.1. The molecule has 0 radical (unpaired) electrons. The summed E-state index contributed by atoms with van der Waals surface area (Å²) in [5, 5.41) is 0.162. The van der Waals surface area contributed by atoms with Gasteiger partial charge in [0.2, 0.25) is 5.78 Å². The molecule has 1 heterocycles. The molecule has 0 N–H and O–H groups in total. The van der Waals surface area contributed by atoms with E-state index in [1.165, 1.54) is 48.6 Å². The predicted molar refractivity (Wildman–Crippen MR) is 112 cm³/mol. The van der Waals surface area contributed by atoms with E-state index in [1.54, 1.807) is 6.08 Å². The number of carbonyl (C=O) groups excluding carboxylic acids is 2. The van der Waals surface area contributed by atoms with Crippen molar-refractivity contribution in [3.63, 3.8) is 0 Å². The molecule has 6 heteroatoms. The minimum atomic E-state index is -0.572. The Balaban J connectivity index is 1.51. The molecule has 3 aromatic rings. The molecule has 0 amide bonds. The van der Waals surface area contributed by atoms with E-state index in [1.807, 2.05) is 30.3 Å². The van der Waals surface area contributed by atoms with Crippen molar-refractivity contribution in [3.8, 4) is 11.5 Å². The van der Waals surface area contributed by atoms with E-state index in [-0.39, 0.29) is 33.4 Å². The number of hydrogen-bond donors (Lipinski definition) is 0. The maximum absolute atomic E-state index is 14.0. The number of hydrogen-bond acceptors (Lipinski definition) is 4. The first-order chi connectivity index (χ1) is 14.5. The molecule has 4 nitrogen and oxygen atoms in total. The van der Waals surface area contributed by atoms with Crippen LogP contribution in [0.5, 0.6) is 11.5 Å². The van der Waals surface area contributed by atoms with Crippen LogP contribution < -0.4 is 9.47 Å². The van der Waals surface area contributed by atoms with Crippen LogP contribution >= 0.6 is 11.6 Å². The summed E-state index contributed by atoms with van der Waals surface area (Å²) >= 11 is 6.01. The third kappa shape index (κ3) is 4.16. The van der Waals surface area contributed by atoms with Crippen LogP contribution in [0.4, 0.5) is 4.39 Å². The molecular weight excluding hydrogens is 407 g/mol. The standard InChI is InChI=1S/C24H14ClFO4/c25-19-7-4-8-20(26)18(19)14-22-24(28)17-11-10-16(13-21(17)30-22)29-23(27)12-9-15-5-2-1-3-6-15/h1-14H/b12-9+,22-14-. The van der Waals surface area contributed by atoms with Gasteiger partial charge in [0.1, 0.15) is 17.3 Å². The predicted octanol–water partition coefficient (Wildman–Crippen LogP) is 5.71. The highest BCUT2D eigenvalue weighted by Crippen LogP contribution is 2.35. The lowest BCUT2D eigenvalue weighted by Gasteiger charge is -2.04. The molecule has 0 saturated carbocycles. The molecule has 0 fully saturated rings. The van der Waals surface area contributed by atoms with Crippen LogP contribution in [0.1, 0.15) is 21.5 Å². The summed E-state index contributed by atoms with van der Waals surface area (Å²) < 4.78 is 24.8. The molecule has 1 aliphatic heterocycles. The topological polar surface area (TPSA) is 52.6 Å². The molecule has 0 unspecified atom stereocenters. The van der Waals surface area contributed by atoms with Crippen molar-refractivity contribution in [2.75, 3.05) is 0 Å². The molecular formula is C24H14ClFO4. The van der Waals surface area contributed by atoms with E-state index < -0.39 is 17.6 Å². The van der Waals surface area contributed by atoms with E-state index in [4.69, 9.17) is 21.1 Å². The molecule has 0 atom stereocenters. The lowest BCUT2D eigenvalue weighted by Crippen LogP contribution is -2.03. The van der Waals surface area contributed by atoms with Crippen LogP contribution in [-0.4, -0.2) is 11.8 Å². The first kappa shape index (κ1) is 19.6. The van der Waals surface area contributed by atoms with Crippen LogP contribution in [0.2, 0.25) is 5.02 Å². The van der Waals surface area contributed by atoms with Crippen molar-refractivity contribution in [3.05, 3.63) is 106 Å². The molecule has 4 rings (SSSR count). The van der Waals surface area contributed by atoms with E-state index >= 15 is 0 Å². The molecule has 0 bridgehead atoms. The summed E-state index contributed by atoms with van der Waals surface area (Å²) in [6, 6.07) is 18.0. The summed E-state index contributed by atoms with van der Waals surface area (Å²) in [6.07, 6.45) is 4.20. The molecule has 1 aliphatic rings. The lowest BCUT2D eigenvalue weighted by molar-refractivity contribution is -0.128. The van der Waals surface area contributed by atoms with Gasteiger partial charge in [-0.1, -0.05) is 48.0 Å². The second-order valence-corrected chi connectivity index (χ2v) is 6.81. The highest BCUT2D eigenvalue weighted by molar-refractivity contribution is 6.32. The van der Waals surface area contributed by atoms with Crippen molar-refractivity contribution in [1.82, 2.24) is 0 Å². The second kappa shape index (κ2) is 8.35. The van der Waals surface area contributed by atoms with Crippen molar-refractivity contribution in [1.29, 1.82) is 0 Å². The number of halogens is 2. The van der Waals surface area contributed by atoms with Gasteiger partial charge in [0.05, 0.1) is 10.6 Å². The van der Waals surface area contributed by atoms with Gasteiger partial charge in [-0.15, -0.1) is 0 Å². The normalized spacial score (nSPS) is 14.1. The first-order valence-electron chi connectivity index (χ1n) is 8.98. The largest absolute Gasteiger partial charge is 0.452 e. The number of ketones is 1. The minimum absolute atomic E-state index is 0.0630. The van der Waals surface area contributed by atoms with Crippen molar-refractivity contribution in [2.45, 2.75) is 0 Å². The SMILES string of the molecule is O=C(/C=C/c1ccccc1)Oc1ccc2c(c1)O/C(=C\c1c(F)cccc1Cl)C2=O. The number of esters is 1. The number of rotatable bonds is 4. The van der Waals surface area contributed by atoms with E-state index in [9.17, 15) is 14.0 Å². The van der Waals surface area contributed by atoms with Crippen molar-refractivity contribution >= 4 is 35.5 Å². The zero-order valence-corrected chi connectivity index (χ0v) is 16.2. The Bertz CT molecular complexity index is 1180. The highest BCUT2D eigenvalue weighted by atomic mass is 35.5. The maximum atomic E-state index is 14.0. The number of ether oxygens (including phenoxy) is 2. The third-order valence-corrected chi connectivity index (χ3v) is 4.68. The maximum Gasteiger partial charge on any atom is 0.336 e. The number of allylic oxidation sites excluding steroid dienone is 1. The van der Waals surface area contributed by atoms with Gasteiger partial charge in [-0.3, -0.25) is 4.79 Å². The van der Waals surface area contributed by atoms with Gasteiger partial charge in [-0.05, 0) is 42.0 Å². The summed E-state index contributed by atoms with van der Waals surface area (Å²) in [7, 11) is 0. The molecule has 148 valence electrons. The zero-order valence-electron chi connectivity index (χ0n) is 15.5. The number of benzene rings is 3. The Morgan fingerprint density at radius 2 is 1.83 bits per heavy atom. The van der Waals surface area contributed by atoms with Crippen LogP contribution in [-0.2, 0) is 4.79 Å². The average Bonchev–Trinajstić information content (AvgIpc) is 3.05. The molecule has 0 aliphatic carbocycles. The summed E-state index contributed by atoms with van der Waals surface area (Å²) in [6.45, 7) is 0. The quantitative estimate of drug-likeness (QED) is 0.308. The average molecular weight is 421 g/mol. The van der Waals surface area contributed by atoms with Gasteiger partial charge in [0, 0.05) is 17.7 Å². The number of fused-ring (bicyclic) bond motifs is 1. The molecule has 3 aromatic carbocycles. The fourth-order valence-electron chi connectivity index (χ4n) is 2.89. The summed E-state index contributed by atoms with van der Waals surface area (Å²) in [5.41, 5.74) is 1.21. The van der Waals surface area contributed by atoms with Gasteiger partial charge in [-0.2, -0.15) is 0 Å². The van der Waals surface area contributed by atoms with E-state index in [2.05, 4.69) is 0 Å². The van der Waals surface area contributed by atoms with E-state index in [0.717, 1.165) is 5.56 Å². The molecule has 0 aromatic heterocycles. The van der Waals surface area contributed by atoms with Crippen LogP contribution in [0.15, 0.2) is 78.6 Å². The number of carbonyl (C=O) groups is 2. The minimum Gasteiger partial charge on any atom is -0.452 e. The van der Waals surface area contributed by atoms with Crippen molar-refractivity contribution < 1.29 is 23.5 Å². The second-order valence-electron chi connectivity index (χ2n) is 6.40. The van der Waals surface area contributed by atoms with Crippen molar-refractivity contribution in [2.24, 2.45) is 0 Å². The van der Waals surface area contributed by atoms with Crippen LogP contribution in [0, 0.1) is 5.82 Å². The van der Waals surface area contributed by atoms with E-state index in [0.29, 0.717) is 0 Å². The Kier molecular flexibility index (Phi) is 5.46. The van der Waals surface area contributed by atoms with Gasteiger partial charge in [0.15, 0.2) is 5.76 Å². The van der Waals surface area contributed by atoms with Gasteiger partial charge < -0.3 is 9.47 Å². The van der Waals surface area contributed by atoms with Gasteiger partial charge in [-0.25, -0.2) is 9.18 Å². The lowest BCUT2D eigenvalue weighted by atomic mass is 10.1. The fourth-order valence-corrected chi connectivity index (χ4v) is 3.11. The first-order valence-corrected chi connectivity index (χ1v) is 9.36. The Morgan fingerprint density at radius 1 is 1.03 bits per heavy atom. The smallest absolute Gasteiger partial charge is 0.336 e.